The van der Waals surface area contributed by atoms with Crippen LogP contribution in [0.25, 0.3) is 6.08 Å². The summed E-state index contributed by atoms with van der Waals surface area (Å²) in [5, 5.41) is 8.79. The van der Waals surface area contributed by atoms with Gasteiger partial charge in [0.2, 0.25) is 5.91 Å². The van der Waals surface area contributed by atoms with Gasteiger partial charge in [-0.3, -0.25) is 9.69 Å². The summed E-state index contributed by atoms with van der Waals surface area (Å²) in [6.07, 6.45) is 4.29. The highest BCUT2D eigenvalue weighted by Gasteiger charge is 2.31. The standard InChI is InChI=1S/C24H30Cl2N4O3/c1-17-21(24(26)30(28-17)15-18-2-4-20(25)5-3-18)6-7-23(31)27-14-22(19-8-11-33-16-19)29-9-12-32-13-10-29/h2-7,19,22H,8-16H2,1H3,(H,27,31)/b7-6+. The van der Waals surface area contributed by atoms with Gasteiger partial charge in [-0.05, 0) is 37.1 Å². The van der Waals surface area contributed by atoms with Crippen LogP contribution in [0.4, 0.5) is 0 Å². The molecule has 4 rings (SSSR count). The van der Waals surface area contributed by atoms with Crippen molar-refractivity contribution >= 4 is 35.2 Å². The van der Waals surface area contributed by atoms with Gasteiger partial charge in [0.05, 0.1) is 32.1 Å². The largest absolute Gasteiger partial charge is 0.381 e. The van der Waals surface area contributed by atoms with Gasteiger partial charge in [0.1, 0.15) is 5.15 Å². The minimum absolute atomic E-state index is 0.145. The van der Waals surface area contributed by atoms with Crippen molar-refractivity contribution in [2.45, 2.75) is 25.9 Å². The number of carbonyl (C=O) groups excluding carboxylic acids is 1. The maximum Gasteiger partial charge on any atom is 0.244 e. The Morgan fingerprint density at radius 2 is 1.97 bits per heavy atom. The number of halogens is 2. The third kappa shape index (κ3) is 6.37. The Morgan fingerprint density at radius 1 is 1.21 bits per heavy atom. The van der Waals surface area contributed by atoms with Crippen molar-refractivity contribution in [1.29, 1.82) is 0 Å². The summed E-state index contributed by atoms with van der Waals surface area (Å²) >= 11 is 12.5. The number of rotatable bonds is 8. The van der Waals surface area contributed by atoms with Crippen LogP contribution in [0, 0.1) is 12.8 Å². The molecule has 1 aromatic carbocycles. The Bertz CT molecular complexity index is 965. The van der Waals surface area contributed by atoms with Crippen LogP contribution in [0.5, 0.6) is 0 Å². The van der Waals surface area contributed by atoms with Gasteiger partial charge in [-0.25, -0.2) is 4.68 Å². The third-order valence-corrected chi connectivity index (χ3v) is 6.92. The topological polar surface area (TPSA) is 68.6 Å². The molecule has 0 saturated carbocycles. The molecule has 1 aromatic heterocycles. The summed E-state index contributed by atoms with van der Waals surface area (Å²) < 4.78 is 12.8. The molecule has 0 aliphatic carbocycles. The molecular formula is C24H30Cl2N4O3. The highest BCUT2D eigenvalue weighted by molar-refractivity contribution is 6.31. The highest BCUT2D eigenvalue weighted by atomic mass is 35.5. The number of morpholine rings is 1. The van der Waals surface area contributed by atoms with Crippen LogP contribution in [0.15, 0.2) is 30.3 Å². The van der Waals surface area contributed by atoms with E-state index in [9.17, 15) is 4.79 Å². The fourth-order valence-electron chi connectivity index (χ4n) is 4.41. The average Bonchev–Trinajstić information content (AvgIpc) is 3.44. The molecule has 0 spiro atoms. The first-order chi connectivity index (χ1) is 16.0. The van der Waals surface area contributed by atoms with Crippen LogP contribution < -0.4 is 5.32 Å². The Balaban J connectivity index is 1.37. The van der Waals surface area contributed by atoms with E-state index in [2.05, 4.69) is 15.3 Å². The van der Waals surface area contributed by atoms with Gasteiger partial charge in [-0.15, -0.1) is 0 Å². The quantitative estimate of drug-likeness (QED) is 0.571. The van der Waals surface area contributed by atoms with Gasteiger partial charge in [0.15, 0.2) is 0 Å². The number of nitrogens with one attached hydrogen (secondary N) is 1. The number of aromatic nitrogens is 2. The molecule has 7 nitrogen and oxygen atoms in total. The zero-order chi connectivity index (χ0) is 23.2. The molecular weight excluding hydrogens is 463 g/mol. The zero-order valence-electron chi connectivity index (χ0n) is 18.8. The van der Waals surface area contributed by atoms with Crippen LogP contribution in [-0.2, 0) is 20.8 Å². The Kier molecular flexibility index (Phi) is 8.44. The molecule has 2 fully saturated rings. The van der Waals surface area contributed by atoms with E-state index in [-0.39, 0.29) is 11.9 Å². The van der Waals surface area contributed by atoms with Crippen molar-refractivity contribution in [1.82, 2.24) is 20.0 Å². The van der Waals surface area contributed by atoms with Crippen molar-refractivity contribution in [2.75, 3.05) is 46.1 Å². The number of amides is 1. The lowest BCUT2D eigenvalue weighted by Gasteiger charge is -2.37. The zero-order valence-corrected chi connectivity index (χ0v) is 20.3. The third-order valence-electron chi connectivity index (χ3n) is 6.27. The average molecular weight is 493 g/mol. The van der Waals surface area contributed by atoms with Crippen molar-refractivity contribution in [2.24, 2.45) is 5.92 Å². The van der Waals surface area contributed by atoms with Gasteiger partial charge >= 0.3 is 0 Å². The van der Waals surface area contributed by atoms with E-state index in [0.717, 1.165) is 62.8 Å². The Morgan fingerprint density at radius 3 is 2.67 bits per heavy atom. The van der Waals surface area contributed by atoms with Gasteiger partial charge in [-0.1, -0.05) is 35.3 Å². The van der Waals surface area contributed by atoms with E-state index < -0.39 is 0 Å². The first-order valence-corrected chi connectivity index (χ1v) is 12.1. The lowest BCUT2D eigenvalue weighted by Crippen LogP contribution is -2.52. The molecule has 2 aromatic rings. The van der Waals surface area contributed by atoms with Gasteiger partial charge in [0, 0.05) is 54.9 Å². The van der Waals surface area contributed by atoms with Crippen molar-refractivity contribution in [3.05, 3.63) is 57.3 Å². The lowest BCUT2D eigenvalue weighted by atomic mass is 9.97. The van der Waals surface area contributed by atoms with E-state index in [1.165, 1.54) is 6.08 Å². The minimum atomic E-state index is -0.145. The fraction of sp³-hybridized carbons (Fsp3) is 0.500. The van der Waals surface area contributed by atoms with Crippen LogP contribution >= 0.6 is 23.2 Å². The second-order valence-corrected chi connectivity index (χ2v) is 9.29. The number of hydrogen-bond acceptors (Lipinski definition) is 5. The first kappa shape index (κ1) is 24.2. The molecule has 0 bridgehead atoms. The van der Waals surface area contributed by atoms with Crippen LogP contribution in [-0.4, -0.2) is 72.7 Å². The number of aryl methyl sites for hydroxylation is 1. The molecule has 2 saturated heterocycles. The second kappa shape index (κ2) is 11.5. The lowest BCUT2D eigenvalue weighted by molar-refractivity contribution is -0.116. The van der Waals surface area contributed by atoms with Crippen LogP contribution in [0.3, 0.4) is 0 Å². The van der Waals surface area contributed by atoms with E-state index in [0.29, 0.717) is 29.2 Å². The molecule has 2 atom stereocenters. The summed E-state index contributed by atoms with van der Waals surface area (Å²) in [6, 6.07) is 7.82. The summed E-state index contributed by atoms with van der Waals surface area (Å²) in [6.45, 7) is 7.76. The SMILES string of the molecule is Cc1nn(Cc2ccc(Cl)cc2)c(Cl)c1/C=C/C(=O)NCC(C1CCOC1)N1CCOCC1. The molecule has 2 aliphatic rings. The molecule has 1 N–H and O–H groups in total. The van der Waals surface area contributed by atoms with E-state index in [4.69, 9.17) is 32.7 Å². The molecule has 2 unspecified atom stereocenters. The normalized spacial score (nSPS) is 20.4. The van der Waals surface area contributed by atoms with Crippen LogP contribution in [0.2, 0.25) is 10.2 Å². The number of nitrogens with zero attached hydrogens (tertiary/aromatic N) is 3. The van der Waals surface area contributed by atoms with Gasteiger partial charge < -0.3 is 14.8 Å². The predicted molar refractivity (Wildman–Crippen MR) is 130 cm³/mol. The summed E-state index contributed by atoms with van der Waals surface area (Å²) in [4.78, 5) is 15.0. The summed E-state index contributed by atoms with van der Waals surface area (Å²) in [5.41, 5.74) is 2.56. The monoisotopic (exact) mass is 492 g/mol. The van der Waals surface area contributed by atoms with Gasteiger partial charge in [0.25, 0.3) is 0 Å². The molecule has 33 heavy (non-hydrogen) atoms. The minimum Gasteiger partial charge on any atom is -0.381 e. The van der Waals surface area contributed by atoms with E-state index in [1.807, 2.05) is 31.2 Å². The van der Waals surface area contributed by atoms with Crippen molar-refractivity contribution in [3.63, 3.8) is 0 Å². The fourth-order valence-corrected chi connectivity index (χ4v) is 4.83. The maximum absolute atomic E-state index is 12.6. The number of hydrogen-bond donors (Lipinski definition) is 1. The molecule has 3 heterocycles. The Hall–Kier alpha value is -1.90. The summed E-state index contributed by atoms with van der Waals surface area (Å²) in [5.74, 6) is 0.281. The van der Waals surface area contributed by atoms with Crippen molar-refractivity contribution in [3.8, 4) is 0 Å². The number of ether oxygens (including phenoxy) is 2. The first-order valence-electron chi connectivity index (χ1n) is 11.3. The van der Waals surface area contributed by atoms with Crippen molar-refractivity contribution < 1.29 is 14.3 Å². The predicted octanol–water partition coefficient (Wildman–Crippen LogP) is 3.41. The van der Waals surface area contributed by atoms with E-state index in [1.54, 1.807) is 10.8 Å². The second-order valence-electron chi connectivity index (χ2n) is 8.49. The van der Waals surface area contributed by atoms with Crippen LogP contribution in [0.1, 0.15) is 23.2 Å². The Labute approximate surface area is 204 Å². The highest BCUT2D eigenvalue weighted by Crippen LogP contribution is 2.24. The molecule has 2 aliphatic heterocycles. The molecule has 0 radical (unpaired) electrons. The van der Waals surface area contributed by atoms with E-state index >= 15 is 0 Å². The number of benzene rings is 1. The maximum atomic E-state index is 12.6. The smallest absolute Gasteiger partial charge is 0.244 e. The van der Waals surface area contributed by atoms with Gasteiger partial charge in [-0.2, -0.15) is 5.10 Å². The summed E-state index contributed by atoms with van der Waals surface area (Å²) in [7, 11) is 0. The molecule has 9 heteroatoms. The molecule has 1 amide bonds. The molecule has 178 valence electrons. The number of carbonyl (C=O) groups is 1.